The Balaban J connectivity index is 1.15. The highest BCUT2D eigenvalue weighted by atomic mass is 16.3. The van der Waals surface area contributed by atoms with Gasteiger partial charge in [-0.05, 0) is 53.8 Å². The molecule has 3 atom stereocenters. The minimum atomic E-state index is 0.153. The summed E-state index contributed by atoms with van der Waals surface area (Å²) in [5.74, 6) is 0.664. The van der Waals surface area contributed by atoms with Crippen LogP contribution in [-0.2, 0) is 6.42 Å². The lowest BCUT2D eigenvalue weighted by molar-refractivity contribution is 0.667. The van der Waals surface area contributed by atoms with Crippen molar-refractivity contribution in [3.63, 3.8) is 0 Å². The third-order valence-corrected chi connectivity index (χ3v) is 10.5. The second kappa shape index (κ2) is 10.2. The maximum Gasteiger partial charge on any atom is 0.159 e. The van der Waals surface area contributed by atoms with E-state index < -0.39 is 0 Å². The highest BCUT2D eigenvalue weighted by Crippen LogP contribution is 2.52. The summed E-state index contributed by atoms with van der Waals surface area (Å²) in [6.07, 6.45) is 14.4. The van der Waals surface area contributed by atoms with Crippen molar-refractivity contribution in [3.05, 3.63) is 156 Å². The van der Waals surface area contributed by atoms with Crippen LogP contribution in [0.25, 0.3) is 55.7 Å². The largest absolute Gasteiger partial charge is 0.454 e. The molecule has 1 aliphatic heterocycles. The fourth-order valence-electron chi connectivity index (χ4n) is 8.39. The van der Waals surface area contributed by atoms with E-state index in [1.807, 2.05) is 18.2 Å². The molecule has 0 saturated heterocycles. The molecule has 0 amide bonds. The van der Waals surface area contributed by atoms with Gasteiger partial charge in [0.05, 0.1) is 28.5 Å². The summed E-state index contributed by atoms with van der Waals surface area (Å²) in [6, 6.07) is 39.1. The Hall–Kier alpha value is -6.05. The number of hydrogen-bond donors (Lipinski definition) is 0. The molecular weight excluding hydrogens is 587 g/mol. The van der Waals surface area contributed by atoms with Crippen LogP contribution in [0.5, 0.6) is 0 Å². The first-order valence-electron chi connectivity index (χ1n) is 16.7. The number of aromatic nitrogens is 1. The second-order valence-corrected chi connectivity index (χ2v) is 13.2. The highest BCUT2D eigenvalue weighted by molar-refractivity contribution is 6.11. The number of anilines is 2. The Kier molecular flexibility index (Phi) is 5.77. The van der Waals surface area contributed by atoms with Crippen molar-refractivity contribution in [2.45, 2.75) is 25.3 Å². The Morgan fingerprint density at radius 3 is 2.44 bits per heavy atom. The van der Waals surface area contributed by atoms with Crippen LogP contribution in [0.2, 0.25) is 0 Å². The number of rotatable bonds is 3. The van der Waals surface area contributed by atoms with Crippen LogP contribution in [0.3, 0.4) is 0 Å². The second-order valence-electron chi connectivity index (χ2n) is 13.2. The van der Waals surface area contributed by atoms with Gasteiger partial charge in [0, 0.05) is 44.6 Å². The Morgan fingerprint density at radius 2 is 1.56 bits per heavy atom. The van der Waals surface area contributed by atoms with Crippen molar-refractivity contribution in [1.29, 1.82) is 5.26 Å². The molecule has 3 unspecified atom stereocenters. The molecule has 2 aliphatic carbocycles. The van der Waals surface area contributed by atoms with Crippen LogP contribution < -0.4 is 4.90 Å². The molecule has 5 aromatic carbocycles. The molecule has 7 aromatic rings. The zero-order valence-corrected chi connectivity index (χ0v) is 26.5. The molecule has 0 bridgehead atoms. The monoisotopic (exact) mass is 617 g/mol. The Labute approximate surface area is 278 Å². The van der Waals surface area contributed by atoms with E-state index in [4.69, 9.17) is 4.42 Å². The van der Waals surface area contributed by atoms with Crippen molar-refractivity contribution >= 4 is 50.3 Å². The topological polar surface area (TPSA) is 45.1 Å². The molecule has 0 radical (unpaired) electrons. The van der Waals surface area contributed by atoms with Crippen LogP contribution >= 0.6 is 0 Å². The fraction of sp³-hybridized carbons (Fsp3) is 0.114. The minimum Gasteiger partial charge on any atom is -0.454 e. The van der Waals surface area contributed by atoms with E-state index in [1.165, 1.54) is 22.2 Å². The molecule has 2 aromatic heterocycles. The molecule has 0 N–H and O–H groups in total. The van der Waals surface area contributed by atoms with Gasteiger partial charge in [-0.2, -0.15) is 5.26 Å². The Morgan fingerprint density at radius 1 is 0.750 bits per heavy atom. The summed E-state index contributed by atoms with van der Waals surface area (Å²) in [5, 5.41) is 13.9. The normalized spacial score (nSPS) is 19.2. The number of allylic oxidation sites excluding steroid dienone is 3. The number of hydrogen-bond acceptors (Lipinski definition) is 3. The van der Waals surface area contributed by atoms with Crippen molar-refractivity contribution in [2.75, 3.05) is 4.90 Å². The van der Waals surface area contributed by atoms with Crippen LogP contribution in [0, 0.1) is 17.2 Å². The SMILES string of the molecule is CC1C=Cc2c(n(-c3c(C#N)cccc3-c3ccc(N4c5c(ccc6c5oc5ccccc56)C5C=CC=CC54)cc3)c3ccccc23)C1. The van der Waals surface area contributed by atoms with E-state index in [9.17, 15) is 5.26 Å². The van der Waals surface area contributed by atoms with Gasteiger partial charge in [-0.1, -0.05) is 116 Å². The van der Waals surface area contributed by atoms with Crippen LogP contribution in [0.1, 0.15) is 35.2 Å². The van der Waals surface area contributed by atoms with E-state index in [0.29, 0.717) is 11.5 Å². The van der Waals surface area contributed by atoms with E-state index in [2.05, 4.69) is 144 Å². The summed E-state index contributed by atoms with van der Waals surface area (Å²) in [7, 11) is 0. The predicted octanol–water partition coefficient (Wildman–Crippen LogP) is 11.0. The van der Waals surface area contributed by atoms with Gasteiger partial charge in [-0.15, -0.1) is 0 Å². The summed E-state index contributed by atoms with van der Waals surface area (Å²) >= 11 is 0. The molecule has 10 rings (SSSR count). The van der Waals surface area contributed by atoms with Crippen molar-refractivity contribution in [2.24, 2.45) is 5.92 Å². The van der Waals surface area contributed by atoms with Crippen LogP contribution in [0.4, 0.5) is 11.4 Å². The van der Waals surface area contributed by atoms with Gasteiger partial charge >= 0.3 is 0 Å². The lowest BCUT2D eigenvalue weighted by Gasteiger charge is -2.29. The summed E-state index contributed by atoms with van der Waals surface area (Å²) in [4.78, 5) is 2.45. The average Bonchev–Trinajstić information content (AvgIpc) is 3.79. The molecular formula is C44H31N3O. The van der Waals surface area contributed by atoms with Gasteiger partial charge in [0.25, 0.3) is 0 Å². The number of nitriles is 1. The van der Waals surface area contributed by atoms with E-state index >= 15 is 0 Å². The maximum absolute atomic E-state index is 10.4. The van der Waals surface area contributed by atoms with E-state index in [0.717, 1.165) is 62.1 Å². The molecule has 0 saturated carbocycles. The summed E-state index contributed by atoms with van der Waals surface area (Å²) < 4.78 is 8.94. The van der Waals surface area contributed by atoms with Gasteiger partial charge in [0.15, 0.2) is 5.58 Å². The van der Waals surface area contributed by atoms with Gasteiger partial charge in [0.1, 0.15) is 11.7 Å². The molecule has 3 aliphatic rings. The van der Waals surface area contributed by atoms with Crippen molar-refractivity contribution in [3.8, 4) is 22.9 Å². The molecule has 48 heavy (non-hydrogen) atoms. The van der Waals surface area contributed by atoms with Gasteiger partial charge in [-0.25, -0.2) is 0 Å². The lowest BCUT2D eigenvalue weighted by Crippen LogP contribution is -2.28. The quantitative estimate of drug-likeness (QED) is 0.198. The first-order valence-corrected chi connectivity index (χ1v) is 16.7. The number of furan rings is 1. The average molecular weight is 618 g/mol. The zero-order valence-electron chi connectivity index (χ0n) is 26.5. The summed E-state index contributed by atoms with van der Waals surface area (Å²) in [6.45, 7) is 2.26. The molecule has 0 fully saturated rings. The maximum atomic E-state index is 10.4. The minimum absolute atomic E-state index is 0.153. The van der Waals surface area contributed by atoms with Gasteiger partial charge in [-0.3, -0.25) is 0 Å². The number of benzene rings is 5. The first-order chi connectivity index (χ1) is 23.7. The molecule has 4 heteroatoms. The molecule has 0 spiro atoms. The molecule has 228 valence electrons. The van der Waals surface area contributed by atoms with Gasteiger partial charge < -0.3 is 13.9 Å². The van der Waals surface area contributed by atoms with E-state index in [-0.39, 0.29) is 12.0 Å². The predicted molar refractivity (Wildman–Crippen MR) is 196 cm³/mol. The highest BCUT2D eigenvalue weighted by Gasteiger charge is 2.40. The third-order valence-electron chi connectivity index (χ3n) is 10.5. The zero-order chi connectivity index (χ0) is 31.9. The molecule has 3 heterocycles. The fourth-order valence-corrected chi connectivity index (χ4v) is 8.39. The third kappa shape index (κ3) is 3.76. The molecule has 4 nitrogen and oxygen atoms in total. The Bertz CT molecular complexity index is 2590. The van der Waals surface area contributed by atoms with Crippen molar-refractivity contribution < 1.29 is 4.42 Å². The number of para-hydroxylation sites is 3. The smallest absolute Gasteiger partial charge is 0.159 e. The first kappa shape index (κ1) is 27.1. The lowest BCUT2D eigenvalue weighted by atomic mass is 9.91. The van der Waals surface area contributed by atoms with Crippen molar-refractivity contribution in [1.82, 2.24) is 4.57 Å². The van der Waals surface area contributed by atoms with Crippen LogP contribution in [0.15, 0.2) is 138 Å². The number of nitrogens with zero attached hydrogens (tertiary/aromatic N) is 3. The summed E-state index contributed by atoms with van der Waals surface area (Å²) in [5.41, 5.74) is 12.8. The standard InChI is InChI=1S/C44H31N3O/c1-27-17-22-34-32-10-2-6-15-39(32)47(40(34)25-27)42-29(26-45)9-8-13-31(42)28-18-20-30(21-19-28)46-38-14-5-3-11-33(38)36-23-24-37-35-12-4-7-16-41(35)48-44(37)43(36)46/h2-24,27,33,38H,25H2,1H3. The van der Waals surface area contributed by atoms with E-state index in [1.54, 1.807) is 0 Å². The van der Waals surface area contributed by atoms with Gasteiger partial charge in [0.2, 0.25) is 0 Å². The van der Waals surface area contributed by atoms with Crippen LogP contribution in [-0.4, -0.2) is 10.6 Å². The number of fused-ring (bicyclic) bond motifs is 10.